The van der Waals surface area contributed by atoms with Crippen LogP contribution in [-0.4, -0.2) is 9.78 Å². The van der Waals surface area contributed by atoms with Gasteiger partial charge in [-0.25, -0.2) is 4.68 Å². The number of nitrogens with zero attached hydrogens (tertiary/aromatic N) is 2. The number of aryl methyl sites for hydroxylation is 2. The van der Waals surface area contributed by atoms with E-state index in [4.69, 9.17) is 5.73 Å². The highest BCUT2D eigenvalue weighted by molar-refractivity contribution is 9.10. The minimum Gasteiger partial charge on any atom is -0.396 e. The molecule has 3 nitrogen and oxygen atoms in total. The van der Waals surface area contributed by atoms with E-state index in [2.05, 4.69) is 53.1 Å². The topological polar surface area (TPSA) is 43.8 Å². The number of halogens is 1. The molecule has 0 radical (unpaired) electrons. The second kappa shape index (κ2) is 5.37. The molecule has 4 heteroatoms. The molecule has 0 saturated heterocycles. The Kier molecular flexibility index (Phi) is 3.55. The van der Waals surface area contributed by atoms with Crippen LogP contribution < -0.4 is 5.73 Å². The van der Waals surface area contributed by atoms with Gasteiger partial charge in [-0.15, -0.1) is 0 Å². The highest BCUT2D eigenvalue weighted by Gasteiger charge is 2.10. The van der Waals surface area contributed by atoms with Crippen LogP contribution in [0.4, 0.5) is 5.69 Å². The number of rotatable bonds is 2. The SMILES string of the molecule is Cc1cc(C)cc(-n2cc(N)c(-c3cccc(Br)c3)n2)c1. The van der Waals surface area contributed by atoms with Gasteiger partial charge in [0.2, 0.25) is 0 Å². The molecule has 1 aromatic heterocycles. The van der Waals surface area contributed by atoms with E-state index < -0.39 is 0 Å². The summed E-state index contributed by atoms with van der Waals surface area (Å²) in [6.07, 6.45) is 1.87. The van der Waals surface area contributed by atoms with E-state index in [0.717, 1.165) is 21.4 Å². The maximum absolute atomic E-state index is 6.14. The van der Waals surface area contributed by atoms with Crippen LogP contribution in [0.15, 0.2) is 53.1 Å². The highest BCUT2D eigenvalue weighted by atomic mass is 79.9. The maximum Gasteiger partial charge on any atom is 0.116 e. The van der Waals surface area contributed by atoms with Crippen molar-refractivity contribution >= 4 is 21.6 Å². The molecule has 0 aliphatic rings. The molecule has 0 atom stereocenters. The van der Waals surface area contributed by atoms with Gasteiger partial charge in [0, 0.05) is 10.0 Å². The molecule has 0 aliphatic heterocycles. The summed E-state index contributed by atoms with van der Waals surface area (Å²) in [5.74, 6) is 0. The zero-order valence-electron chi connectivity index (χ0n) is 12.0. The van der Waals surface area contributed by atoms with Crippen molar-refractivity contribution in [1.82, 2.24) is 9.78 Å². The normalized spacial score (nSPS) is 10.8. The van der Waals surface area contributed by atoms with Gasteiger partial charge in [0.1, 0.15) is 5.69 Å². The van der Waals surface area contributed by atoms with Crippen LogP contribution in [0.5, 0.6) is 0 Å². The van der Waals surface area contributed by atoms with Gasteiger partial charge in [0.15, 0.2) is 0 Å². The molecule has 0 unspecified atom stereocenters. The molecule has 0 fully saturated rings. The Bertz CT molecular complexity index is 785. The summed E-state index contributed by atoms with van der Waals surface area (Å²) in [5.41, 5.74) is 12.1. The maximum atomic E-state index is 6.14. The number of nitrogens with two attached hydrogens (primary N) is 1. The first kappa shape index (κ1) is 13.9. The second-order valence-electron chi connectivity index (χ2n) is 5.23. The Morgan fingerprint density at radius 3 is 2.43 bits per heavy atom. The molecule has 0 saturated carbocycles. The average Bonchev–Trinajstić information content (AvgIpc) is 2.80. The number of nitrogen functional groups attached to an aromatic ring is 1. The summed E-state index contributed by atoms with van der Waals surface area (Å²) in [6.45, 7) is 4.16. The first-order chi connectivity index (χ1) is 10.0. The van der Waals surface area contributed by atoms with Gasteiger partial charge in [-0.2, -0.15) is 5.10 Å². The second-order valence-corrected chi connectivity index (χ2v) is 6.15. The molecule has 0 aliphatic carbocycles. The van der Waals surface area contributed by atoms with Crippen LogP contribution in [0.3, 0.4) is 0 Å². The summed E-state index contributed by atoms with van der Waals surface area (Å²) in [5, 5.41) is 4.64. The molecule has 106 valence electrons. The quantitative estimate of drug-likeness (QED) is 0.745. The fourth-order valence-corrected chi connectivity index (χ4v) is 2.86. The zero-order valence-corrected chi connectivity index (χ0v) is 13.6. The molecule has 3 aromatic rings. The average molecular weight is 342 g/mol. The molecule has 2 aromatic carbocycles. The van der Waals surface area contributed by atoms with Gasteiger partial charge in [-0.3, -0.25) is 0 Å². The lowest BCUT2D eigenvalue weighted by atomic mass is 10.1. The van der Waals surface area contributed by atoms with E-state index in [-0.39, 0.29) is 0 Å². The Hall–Kier alpha value is -2.07. The summed E-state index contributed by atoms with van der Waals surface area (Å²) < 4.78 is 2.85. The van der Waals surface area contributed by atoms with Crippen molar-refractivity contribution in [2.75, 3.05) is 5.73 Å². The van der Waals surface area contributed by atoms with Gasteiger partial charge in [-0.1, -0.05) is 34.1 Å². The first-order valence-electron chi connectivity index (χ1n) is 6.73. The standard InChI is InChI=1S/C17H16BrN3/c1-11-6-12(2)8-15(7-11)21-10-16(19)17(20-21)13-4-3-5-14(18)9-13/h3-10H,19H2,1-2H3. The minimum atomic E-state index is 0.673. The molecular weight excluding hydrogens is 326 g/mol. The van der Waals surface area contributed by atoms with Crippen molar-refractivity contribution in [2.45, 2.75) is 13.8 Å². The molecule has 3 rings (SSSR count). The lowest BCUT2D eigenvalue weighted by Gasteiger charge is -2.04. The van der Waals surface area contributed by atoms with Crippen LogP contribution in [0.2, 0.25) is 0 Å². The fourth-order valence-electron chi connectivity index (χ4n) is 2.46. The van der Waals surface area contributed by atoms with Crippen LogP contribution >= 0.6 is 15.9 Å². The molecule has 2 N–H and O–H groups in total. The summed E-state index contributed by atoms with van der Waals surface area (Å²) in [6, 6.07) is 14.3. The van der Waals surface area contributed by atoms with E-state index in [1.807, 2.05) is 35.1 Å². The van der Waals surface area contributed by atoms with Crippen molar-refractivity contribution in [3.63, 3.8) is 0 Å². The van der Waals surface area contributed by atoms with Gasteiger partial charge in [0.25, 0.3) is 0 Å². The zero-order chi connectivity index (χ0) is 15.0. The van der Waals surface area contributed by atoms with E-state index in [0.29, 0.717) is 5.69 Å². The number of aromatic nitrogens is 2. The predicted octanol–water partition coefficient (Wildman–Crippen LogP) is 4.50. The predicted molar refractivity (Wildman–Crippen MR) is 90.6 cm³/mol. The third-order valence-electron chi connectivity index (χ3n) is 3.31. The lowest BCUT2D eigenvalue weighted by molar-refractivity contribution is 0.881. The fraction of sp³-hybridized carbons (Fsp3) is 0.118. The number of hydrogen-bond acceptors (Lipinski definition) is 2. The van der Waals surface area contributed by atoms with Crippen molar-refractivity contribution < 1.29 is 0 Å². The van der Waals surface area contributed by atoms with Gasteiger partial charge >= 0.3 is 0 Å². The summed E-state index contributed by atoms with van der Waals surface area (Å²) >= 11 is 3.48. The molecule has 0 amide bonds. The smallest absolute Gasteiger partial charge is 0.116 e. The Balaban J connectivity index is 2.09. The molecular formula is C17H16BrN3. The van der Waals surface area contributed by atoms with E-state index in [9.17, 15) is 0 Å². The lowest BCUT2D eigenvalue weighted by Crippen LogP contribution is -1.96. The number of benzene rings is 2. The first-order valence-corrected chi connectivity index (χ1v) is 7.52. The monoisotopic (exact) mass is 341 g/mol. The van der Waals surface area contributed by atoms with Crippen LogP contribution in [0, 0.1) is 13.8 Å². The molecule has 0 bridgehead atoms. The van der Waals surface area contributed by atoms with Crippen molar-refractivity contribution in [3.8, 4) is 16.9 Å². The largest absolute Gasteiger partial charge is 0.396 e. The third-order valence-corrected chi connectivity index (χ3v) is 3.80. The van der Waals surface area contributed by atoms with Crippen molar-refractivity contribution in [1.29, 1.82) is 0 Å². The van der Waals surface area contributed by atoms with E-state index in [1.165, 1.54) is 11.1 Å². The molecule has 21 heavy (non-hydrogen) atoms. The number of hydrogen-bond donors (Lipinski definition) is 1. The summed E-state index contributed by atoms with van der Waals surface area (Å²) in [4.78, 5) is 0. The summed E-state index contributed by atoms with van der Waals surface area (Å²) in [7, 11) is 0. The van der Waals surface area contributed by atoms with Crippen molar-refractivity contribution in [2.24, 2.45) is 0 Å². The Morgan fingerprint density at radius 2 is 1.76 bits per heavy atom. The number of anilines is 1. The van der Waals surface area contributed by atoms with Crippen LogP contribution in [-0.2, 0) is 0 Å². The van der Waals surface area contributed by atoms with Gasteiger partial charge in [0.05, 0.1) is 17.6 Å². The molecule has 0 spiro atoms. The van der Waals surface area contributed by atoms with Gasteiger partial charge < -0.3 is 5.73 Å². The Morgan fingerprint density at radius 1 is 1.05 bits per heavy atom. The van der Waals surface area contributed by atoms with E-state index in [1.54, 1.807) is 0 Å². The minimum absolute atomic E-state index is 0.673. The van der Waals surface area contributed by atoms with Crippen LogP contribution in [0.1, 0.15) is 11.1 Å². The van der Waals surface area contributed by atoms with Crippen LogP contribution in [0.25, 0.3) is 16.9 Å². The van der Waals surface area contributed by atoms with Crippen molar-refractivity contribution in [3.05, 3.63) is 64.3 Å². The Labute approximate surface area is 132 Å². The van der Waals surface area contributed by atoms with Gasteiger partial charge in [-0.05, 0) is 49.2 Å². The highest BCUT2D eigenvalue weighted by Crippen LogP contribution is 2.27. The molecule has 1 heterocycles. The van der Waals surface area contributed by atoms with E-state index >= 15 is 0 Å². The third kappa shape index (κ3) is 2.85.